The van der Waals surface area contributed by atoms with Crippen LogP contribution in [0.4, 0.5) is 0 Å². The second kappa shape index (κ2) is 12.0. The van der Waals surface area contributed by atoms with Gasteiger partial charge in [0.2, 0.25) is 5.89 Å². The van der Waals surface area contributed by atoms with E-state index in [1.165, 1.54) is 11.1 Å². The zero-order valence-corrected chi connectivity index (χ0v) is 19.3. The van der Waals surface area contributed by atoms with Gasteiger partial charge in [-0.3, -0.25) is 9.89 Å². The average Bonchev–Trinajstić information content (AvgIpc) is 2.98. The fraction of sp³-hybridized carbons (Fsp3) is 0.500. The molecule has 0 fully saturated rings. The highest BCUT2D eigenvalue weighted by molar-refractivity contribution is 14.0. The molecule has 6 nitrogen and oxygen atoms in total. The van der Waals surface area contributed by atoms with Crippen LogP contribution in [-0.4, -0.2) is 36.0 Å². The maximum absolute atomic E-state index is 5.57. The third-order valence-corrected chi connectivity index (χ3v) is 4.49. The zero-order chi connectivity index (χ0) is 18.9. The van der Waals surface area contributed by atoms with Crippen molar-refractivity contribution in [2.24, 2.45) is 4.99 Å². The molecule has 1 aromatic heterocycles. The van der Waals surface area contributed by atoms with Gasteiger partial charge < -0.3 is 15.1 Å². The first-order chi connectivity index (χ1) is 12.5. The number of hydrogen-bond donors (Lipinski definition) is 2. The van der Waals surface area contributed by atoms with Crippen molar-refractivity contribution in [3.05, 3.63) is 52.7 Å². The van der Waals surface area contributed by atoms with E-state index in [9.17, 15) is 0 Å². The Balaban J connectivity index is 0.00000364. The molecule has 27 heavy (non-hydrogen) atoms. The fourth-order valence-corrected chi connectivity index (χ4v) is 2.65. The summed E-state index contributed by atoms with van der Waals surface area (Å²) in [6.45, 7) is 12.6. The molecule has 0 amide bonds. The Bertz CT molecular complexity index is 688. The van der Waals surface area contributed by atoms with Crippen molar-refractivity contribution in [3.63, 3.8) is 0 Å². The van der Waals surface area contributed by atoms with Gasteiger partial charge in [-0.25, -0.2) is 4.98 Å². The van der Waals surface area contributed by atoms with Crippen LogP contribution in [0.5, 0.6) is 0 Å². The molecule has 0 aliphatic rings. The minimum absolute atomic E-state index is 0. The molecule has 2 N–H and O–H groups in total. The fourth-order valence-electron chi connectivity index (χ4n) is 2.65. The topological polar surface area (TPSA) is 65.7 Å². The van der Waals surface area contributed by atoms with Crippen molar-refractivity contribution in [2.45, 2.75) is 47.3 Å². The summed E-state index contributed by atoms with van der Waals surface area (Å²) in [5.74, 6) is 2.25. The van der Waals surface area contributed by atoms with Gasteiger partial charge in [-0.1, -0.05) is 38.1 Å². The SMILES string of the molecule is CCN(CC)Cc1ccc(CNC(=NC)NCc2nc(C)c(C)o2)cc1.I. The molecule has 0 bridgehead atoms. The lowest BCUT2D eigenvalue weighted by molar-refractivity contribution is 0.296. The predicted molar refractivity (Wildman–Crippen MR) is 121 cm³/mol. The number of guanidine groups is 1. The number of aliphatic imine (C=N–C) groups is 1. The van der Waals surface area contributed by atoms with Gasteiger partial charge in [0.05, 0.1) is 12.2 Å². The molecule has 1 aromatic carbocycles. The Hall–Kier alpha value is -1.61. The van der Waals surface area contributed by atoms with Crippen molar-refractivity contribution in [3.8, 4) is 0 Å². The van der Waals surface area contributed by atoms with E-state index in [1.54, 1.807) is 7.05 Å². The van der Waals surface area contributed by atoms with Crippen LogP contribution < -0.4 is 10.6 Å². The van der Waals surface area contributed by atoms with E-state index < -0.39 is 0 Å². The number of halogens is 1. The maximum atomic E-state index is 5.57. The van der Waals surface area contributed by atoms with Crippen molar-refractivity contribution in [1.82, 2.24) is 20.5 Å². The molecular formula is C20H32IN5O. The van der Waals surface area contributed by atoms with E-state index in [-0.39, 0.29) is 24.0 Å². The van der Waals surface area contributed by atoms with Gasteiger partial charge in [-0.2, -0.15) is 0 Å². The van der Waals surface area contributed by atoms with Gasteiger partial charge in [-0.05, 0) is 38.1 Å². The summed E-state index contributed by atoms with van der Waals surface area (Å²) in [4.78, 5) is 11.0. The smallest absolute Gasteiger partial charge is 0.214 e. The lowest BCUT2D eigenvalue weighted by atomic mass is 10.1. The Kier molecular flexibility index (Phi) is 10.4. The second-order valence-corrected chi connectivity index (χ2v) is 6.31. The first-order valence-corrected chi connectivity index (χ1v) is 9.23. The number of benzene rings is 1. The molecule has 0 unspecified atom stereocenters. The predicted octanol–water partition coefficient (Wildman–Crippen LogP) is 3.62. The van der Waals surface area contributed by atoms with E-state index in [2.05, 4.69) is 63.6 Å². The van der Waals surface area contributed by atoms with Gasteiger partial charge in [0.25, 0.3) is 0 Å². The number of hydrogen-bond acceptors (Lipinski definition) is 4. The minimum Gasteiger partial charge on any atom is -0.444 e. The van der Waals surface area contributed by atoms with E-state index in [0.29, 0.717) is 12.4 Å². The van der Waals surface area contributed by atoms with Crippen molar-refractivity contribution >= 4 is 29.9 Å². The van der Waals surface area contributed by atoms with Crippen molar-refractivity contribution < 1.29 is 4.42 Å². The summed E-state index contributed by atoms with van der Waals surface area (Å²) in [6, 6.07) is 8.73. The van der Waals surface area contributed by atoms with Crippen LogP contribution in [-0.2, 0) is 19.6 Å². The molecule has 0 saturated carbocycles. The second-order valence-electron chi connectivity index (χ2n) is 6.31. The Morgan fingerprint density at radius 3 is 2.15 bits per heavy atom. The van der Waals surface area contributed by atoms with Crippen LogP contribution in [0.2, 0.25) is 0 Å². The molecule has 2 rings (SSSR count). The summed E-state index contributed by atoms with van der Waals surface area (Å²) >= 11 is 0. The minimum atomic E-state index is 0. The zero-order valence-electron chi connectivity index (χ0n) is 17.0. The van der Waals surface area contributed by atoms with Gasteiger partial charge >= 0.3 is 0 Å². The van der Waals surface area contributed by atoms with E-state index in [1.807, 2.05) is 13.8 Å². The lowest BCUT2D eigenvalue weighted by Crippen LogP contribution is -2.36. The van der Waals surface area contributed by atoms with Crippen LogP contribution in [0, 0.1) is 13.8 Å². The van der Waals surface area contributed by atoms with Crippen molar-refractivity contribution in [2.75, 3.05) is 20.1 Å². The Labute approximate surface area is 179 Å². The largest absolute Gasteiger partial charge is 0.444 e. The molecule has 150 valence electrons. The van der Waals surface area contributed by atoms with E-state index in [4.69, 9.17) is 4.42 Å². The first-order valence-electron chi connectivity index (χ1n) is 9.23. The summed E-state index contributed by atoms with van der Waals surface area (Å²) in [5, 5.41) is 6.54. The molecule has 0 radical (unpaired) electrons. The summed E-state index contributed by atoms with van der Waals surface area (Å²) < 4.78 is 5.57. The van der Waals surface area contributed by atoms with Gasteiger partial charge in [0.1, 0.15) is 5.76 Å². The number of nitrogens with one attached hydrogen (secondary N) is 2. The van der Waals surface area contributed by atoms with Crippen LogP contribution in [0.25, 0.3) is 0 Å². The van der Waals surface area contributed by atoms with Crippen LogP contribution in [0.15, 0.2) is 33.7 Å². The highest BCUT2D eigenvalue weighted by atomic mass is 127. The number of rotatable bonds is 8. The highest BCUT2D eigenvalue weighted by Crippen LogP contribution is 2.09. The van der Waals surface area contributed by atoms with Gasteiger partial charge in [0.15, 0.2) is 5.96 Å². The van der Waals surface area contributed by atoms with Crippen LogP contribution in [0.3, 0.4) is 0 Å². The molecule has 1 heterocycles. The Morgan fingerprint density at radius 2 is 1.63 bits per heavy atom. The van der Waals surface area contributed by atoms with Gasteiger partial charge in [0, 0.05) is 20.1 Å². The molecule has 0 saturated heterocycles. The summed E-state index contributed by atoms with van der Waals surface area (Å²) in [6.07, 6.45) is 0. The average molecular weight is 485 g/mol. The van der Waals surface area contributed by atoms with E-state index in [0.717, 1.165) is 43.6 Å². The number of aryl methyl sites for hydroxylation is 2. The quantitative estimate of drug-likeness (QED) is 0.340. The maximum Gasteiger partial charge on any atom is 0.214 e. The van der Waals surface area contributed by atoms with E-state index >= 15 is 0 Å². The van der Waals surface area contributed by atoms with Crippen LogP contribution >= 0.6 is 24.0 Å². The molecular weight excluding hydrogens is 453 g/mol. The highest BCUT2D eigenvalue weighted by Gasteiger charge is 2.06. The Morgan fingerprint density at radius 1 is 1.04 bits per heavy atom. The normalized spacial score (nSPS) is 11.4. The van der Waals surface area contributed by atoms with Crippen molar-refractivity contribution in [1.29, 1.82) is 0 Å². The molecule has 0 aliphatic carbocycles. The number of aromatic nitrogens is 1. The monoisotopic (exact) mass is 485 g/mol. The summed E-state index contributed by atoms with van der Waals surface area (Å²) in [5.41, 5.74) is 3.49. The van der Waals surface area contributed by atoms with Gasteiger partial charge in [-0.15, -0.1) is 24.0 Å². The summed E-state index contributed by atoms with van der Waals surface area (Å²) in [7, 11) is 1.76. The molecule has 0 aliphatic heterocycles. The lowest BCUT2D eigenvalue weighted by Gasteiger charge is -2.18. The van der Waals surface area contributed by atoms with Crippen LogP contribution in [0.1, 0.15) is 42.3 Å². The molecule has 0 atom stereocenters. The third kappa shape index (κ3) is 7.50. The molecule has 2 aromatic rings. The molecule has 0 spiro atoms. The standard InChI is InChI=1S/C20H31N5O.HI/c1-6-25(7-2)14-18-10-8-17(9-11-18)12-22-20(21-5)23-13-19-24-15(3)16(4)26-19;/h8-11H,6-7,12-14H2,1-5H3,(H2,21,22,23);1H. The third-order valence-electron chi connectivity index (χ3n) is 4.49. The molecule has 7 heteroatoms. The number of nitrogens with zero attached hydrogens (tertiary/aromatic N) is 3. The first kappa shape index (κ1) is 23.4. The number of oxazole rings is 1.